The molecule has 3 unspecified atom stereocenters. The molecule has 0 spiro atoms. The van der Waals surface area contributed by atoms with Crippen molar-refractivity contribution in [3.8, 4) is 5.75 Å². The number of rotatable bonds is 8. The number of aromatic nitrogens is 2. The minimum Gasteiger partial charge on any atom is -0.481 e. The first-order valence-electron chi connectivity index (χ1n) is 10.2. The monoisotopic (exact) mass is 443 g/mol. The lowest BCUT2D eigenvalue weighted by Crippen LogP contribution is -2.45. The van der Waals surface area contributed by atoms with Gasteiger partial charge in [-0.2, -0.15) is 13.8 Å². The zero-order valence-corrected chi connectivity index (χ0v) is 17.4. The van der Waals surface area contributed by atoms with Gasteiger partial charge in [-0.25, -0.2) is 4.79 Å². The van der Waals surface area contributed by atoms with Crippen molar-refractivity contribution in [3.05, 3.63) is 83.4 Å². The number of anilines is 2. The SMILES string of the molecule is CCOCC1OC(n2ccc(Nc3ccccc3)nc2=O)C(F)(F)C1Oc1ccccc1. The maximum atomic E-state index is 15.4. The molecule has 1 aliphatic heterocycles. The molecule has 1 aliphatic rings. The van der Waals surface area contributed by atoms with Crippen LogP contribution in [-0.4, -0.2) is 40.9 Å². The van der Waals surface area contributed by atoms with Crippen LogP contribution in [0.15, 0.2) is 77.7 Å². The molecule has 2 aromatic carbocycles. The number of benzene rings is 2. The van der Waals surface area contributed by atoms with Crippen molar-refractivity contribution in [2.24, 2.45) is 0 Å². The number of hydrogen-bond donors (Lipinski definition) is 1. The third-order valence-electron chi connectivity index (χ3n) is 4.97. The lowest BCUT2D eigenvalue weighted by molar-refractivity contribution is -0.137. The van der Waals surface area contributed by atoms with E-state index in [1.165, 1.54) is 12.3 Å². The van der Waals surface area contributed by atoms with Gasteiger partial charge in [-0.3, -0.25) is 4.57 Å². The summed E-state index contributed by atoms with van der Waals surface area (Å²) < 4.78 is 48.2. The van der Waals surface area contributed by atoms with Crippen LogP contribution in [0.4, 0.5) is 20.3 Å². The number of ether oxygens (including phenoxy) is 3. The lowest BCUT2D eigenvalue weighted by atomic mass is 10.1. The van der Waals surface area contributed by atoms with Gasteiger partial charge in [0.05, 0.1) is 6.61 Å². The van der Waals surface area contributed by atoms with Gasteiger partial charge in [-0.05, 0) is 37.3 Å². The smallest absolute Gasteiger partial charge is 0.351 e. The fourth-order valence-corrected chi connectivity index (χ4v) is 3.46. The Hall–Kier alpha value is -3.30. The molecule has 3 aromatic rings. The molecule has 168 valence electrons. The van der Waals surface area contributed by atoms with Crippen molar-refractivity contribution in [2.75, 3.05) is 18.5 Å². The molecular weight excluding hydrogens is 420 g/mol. The van der Waals surface area contributed by atoms with Gasteiger partial charge in [0.15, 0.2) is 6.10 Å². The van der Waals surface area contributed by atoms with E-state index in [0.29, 0.717) is 12.3 Å². The van der Waals surface area contributed by atoms with Crippen LogP contribution < -0.4 is 15.7 Å². The zero-order valence-electron chi connectivity index (χ0n) is 17.4. The Morgan fingerprint density at radius 1 is 1.09 bits per heavy atom. The van der Waals surface area contributed by atoms with Crippen LogP contribution in [0.2, 0.25) is 0 Å². The summed E-state index contributed by atoms with van der Waals surface area (Å²) in [7, 11) is 0. The summed E-state index contributed by atoms with van der Waals surface area (Å²) in [4.78, 5) is 16.5. The van der Waals surface area contributed by atoms with Crippen LogP contribution in [0.3, 0.4) is 0 Å². The van der Waals surface area contributed by atoms with E-state index in [9.17, 15) is 4.79 Å². The van der Waals surface area contributed by atoms with Gasteiger partial charge in [0, 0.05) is 18.5 Å². The van der Waals surface area contributed by atoms with Gasteiger partial charge < -0.3 is 19.5 Å². The highest BCUT2D eigenvalue weighted by atomic mass is 19.3. The van der Waals surface area contributed by atoms with E-state index >= 15 is 8.78 Å². The maximum absolute atomic E-state index is 15.4. The predicted molar refractivity (Wildman–Crippen MR) is 114 cm³/mol. The van der Waals surface area contributed by atoms with Gasteiger partial charge in [0.25, 0.3) is 0 Å². The summed E-state index contributed by atoms with van der Waals surface area (Å²) in [6.45, 7) is 1.98. The van der Waals surface area contributed by atoms with Gasteiger partial charge in [0.1, 0.15) is 17.7 Å². The van der Waals surface area contributed by atoms with E-state index in [4.69, 9.17) is 14.2 Å². The standard InChI is InChI=1S/C23H23F2N3O4/c1-2-30-15-18-20(31-17-11-7-4-8-12-17)23(24,25)21(32-18)28-14-13-19(27-22(28)29)26-16-9-5-3-6-10-16/h3-14,18,20-21H,2,15H2,1H3,(H,26,27,29). The van der Waals surface area contributed by atoms with E-state index in [1.807, 2.05) is 18.2 Å². The normalized spacial score (nSPS) is 21.9. The first-order valence-corrected chi connectivity index (χ1v) is 10.2. The molecule has 1 N–H and O–H groups in total. The molecule has 2 heterocycles. The average Bonchev–Trinajstić information content (AvgIpc) is 3.03. The Labute approximate surface area is 183 Å². The molecule has 0 bridgehead atoms. The molecular formula is C23H23F2N3O4. The van der Waals surface area contributed by atoms with Crippen molar-refractivity contribution in [2.45, 2.75) is 31.3 Å². The highest BCUT2D eigenvalue weighted by Gasteiger charge is 2.62. The molecule has 3 atom stereocenters. The molecule has 0 saturated carbocycles. The van der Waals surface area contributed by atoms with Crippen LogP contribution >= 0.6 is 0 Å². The Morgan fingerprint density at radius 3 is 2.44 bits per heavy atom. The van der Waals surface area contributed by atoms with Crippen molar-refractivity contribution in [1.29, 1.82) is 0 Å². The molecule has 0 aliphatic carbocycles. The number of halogens is 2. The number of alkyl halides is 2. The molecule has 7 nitrogen and oxygen atoms in total. The molecule has 4 rings (SSSR count). The number of hydrogen-bond acceptors (Lipinski definition) is 6. The Balaban J connectivity index is 1.60. The molecule has 1 saturated heterocycles. The van der Waals surface area contributed by atoms with Crippen LogP contribution in [0.5, 0.6) is 5.75 Å². The third kappa shape index (κ3) is 4.63. The number of para-hydroxylation sites is 2. The summed E-state index contributed by atoms with van der Waals surface area (Å²) in [5.74, 6) is -3.00. The minimum atomic E-state index is -3.52. The maximum Gasteiger partial charge on any atom is 0.351 e. The van der Waals surface area contributed by atoms with Crippen molar-refractivity contribution in [3.63, 3.8) is 0 Å². The number of nitrogens with one attached hydrogen (secondary N) is 1. The quantitative estimate of drug-likeness (QED) is 0.567. The molecule has 0 amide bonds. The molecule has 9 heteroatoms. The summed E-state index contributed by atoms with van der Waals surface area (Å²) in [5, 5.41) is 2.96. The van der Waals surface area contributed by atoms with Gasteiger partial charge in [0.2, 0.25) is 6.23 Å². The van der Waals surface area contributed by atoms with E-state index in [-0.39, 0.29) is 18.2 Å². The molecule has 1 aromatic heterocycles. The summed E-state index contributed by atoms with van der Waals surface area (Å²) in [5.41, 5.74) is -0.154. The second-order valence-electron chi connectivity index (χ2n) is 7.21. The Kier molecular flexibility index (Phi) is 6.48. The van der Waals surface area contributed by atoms with Crippen LogP contribution in [0, 0.1) is 0 Å². The molecule has 32 heavy (non-hydrogen) atoms. The summed E-state index contributed by atoms with van der Waals surface area (Å²) in [6.07, 6.45) is -3.37. The van der Waals surface area contributed by atoms with E-state index in [1.54, 1.807) is 49.4 Å². The minimum absolute atomic E-state index is 0.101. The van der Waals surface area contributed by atoms with Crippen molar-refractivity contribution in [1.82, 2.24) is 9.55 Å². The second-order valence-corrected chi connectivity index (χ2v) is 7.21. The second kappa shape index (κ2) is 9.46. The first kappa shape index (κ1) is 21.9. The first-order chi connectivity index (χ1) is 15.5. The summed E-state index contributed by atoms with van der Waals surface area (Å²) in [6, 6.07) is 18.8. The topological polar surface area (TPSA) is 74.6 Å². The van der Waals surface area contributed by atoms with Gasteiger partial charge in [-0.15, -0.1) is 0 Å². The van der Waals surface area contributed by atoms with E-state index in [0.717, 1.165) is 4.57 Å². The predicted octanol–water partition coefficient (Wildman–Crippen LogP) is 4.00. The highest BCUT2D eigenvalue weighted by Crippen LogP contribution is 2.44. The number of nitrogens with zero attached hydrogens (tertiary/aromatic N) is 2. The van der Waals surface area contributed by atoms with Crippen molar-refractivity contribution < 1.29 is 23.0 Å². The van der Waals surface area contributed by atoms with E-state index < -0.39 is 30.0 Å². The van der Waals surface area contributed by atoms with Crippen molar-refractivity contribution >= 4 is 11.5 Å². The van der Waals surface area contributed by atoms with Crippen LogP contribution in [-0.2, 0) is 9.47 Å². The third-order valence-corrected chi connectivity index (χ3v) is 4.97. The van der Waals surface area contributed by atoms with E-state index in [2.05, 4.69) is 10.3 Å². The van der Waals surface area contributed by atoms with Gasteiger partial charge >= 0.3 is 11.6 Å². The summed E-state index contributed by atoms with van der Waals surface area (Å²) >= 11 is 0. The fraction of sp³-hybridized carbons (Fsp3) is 0.304. The van der Waals surface area contributed by atoms with Gasteiger partial charge in [-0.1, -0.05) is 36.4 Å². The zero-order chi connectivity index (χ0) is 22.6. The Bertz CT molecular complexity index is 1080. The Morgan fingerprint density at radius 2 is 1.78 bits per heavy atom. The molecule has 1 fully saturated rings. The molecule has 0 radical (unpaired) electrons. The fourth-order valence-electron chi connectivity index (χ4n) is 3.46. The average molecular weight is 443 g/mol. The largest absolute Gasteiger partial charge is 0.481 e. The lowest BCUT2D eigenvalue weighted by Gasteiger charge is -2.25. The van der Waals surface area contributed by atoms with Crippen LogP contribution in [0.25, 0.3) is 0 Å². The van der Waals surface area contributed by atoms with Crippen LogP contribution in [0.1, 0.15) is 13.2 Å². The highest BCUT2D eigenvalue weighted by molar-refractivity contribution is 5.54.